The van der Waals surface area contributed by atoms with Gasteiger partial charge < -0.3 is 5.32 Å². The van der Waals surface area contributed by atoms with Gasteiger partial charge in [-0.2, -0.15) is 0 Å². The van der Waals surface area contributed by atoms with Crippen LogP contribution in [0.15, 0.2) is 35.6 Å². The lowest BCUT2D eigenvalue weighted by Crippen LogP contribution is -2.06. The van der Waals surface area contributed by atoms with Gasteiger partial charge in [-0.25, -0.2) is 9.97 Å². The summed E-state index contributed by atoms with van der Waals surface area (Å²) < 4.78 is 0. The molecule has 2 aromatic rings. The standard InChI is InChI=1S/C16H20ClN3S/c1-3-5-14-15(18-4-2)19-11-20-16(14)21-10-12-6-8-13(17)9-7-12/h6-9,11H,3-5,10H2,1-2H3,(H,18,19,20). The Balaban J connectivity index is 2.14. The zero-order valence-electron chi connectivity index (χ0n) is 12.4. The first kappa shape index (κ1) is 16.1. The van der Waals surface area contributed by atoms with E-state index in [4.69, 9.17) is 11.6 Å². The number of aromatic nitrogens is 2. The van der Waals surface area contributed by atoms with Gasteiger partial charge in [0.25, 0.3) is 0 Å². The summed E-state index contributed by atoms with van der Waals surface area (Å²) in [4.78, 5) is 8.82. The first-order chi connectivity index (χ1) is 10.2. The fourth-order valence-corrected chi connectivity index (χ4v) is 3.16. The van der Waals surface area contributed by atoms with Crippen LogP contribution in [0.3, 0.4) is 0 Å². The number of hydrogen-bond acceptors (Lipinski definition) is 4. The number of nitrogens with one attached hydrogen (secondary N) is 1. The summed E-state index contributed by atoms with van der Waals surface area (Å²) in [6.45, 7) is 5.13. The molecule has 0 atom stereocenters. The second-order valence-electron chi connectivity index (χ2n) is 4.70. The maximum Gasteiger partial charge on any atom is 0.133 e. The van der Waals surface area contributed by atoms with Crippen molar-refractivity contribution >= 4 is 29.2 Å². The highest BCUT2D eigenvalue weighted by Crippen LogP contribution is 2.29. The SMILES string of the molecule is CCCc1c(NCC)ncnc1SCc1ccc(Cl)cc1. The van der Waals surface area contributed by atoms with Crippen LogP contribution in [0.5, 0.6) is 0 Å². The van der Waals surface area contributed by atoms with Gasteiger partial charge in [0.2, 0.25) is 0 Å². The van der Waals surface area contributed by atoms with Gasteiger partial charge in [0, 0.05) is 22.9 Å². The van der Waals surface area contributed by atoms with E-state index < -0.39 is 0 Å². The molecule has 0 aliphatic carbocycles. The second kappa shape index (κ2) is 8.25. The van der Waals surface area contributed by atoms with E-state index in [1.807, 2.05) is 12.1 Å². The van der Waals surface area contributed by atoms with Gasteiger partial charge in [0.1, 0.15) is 17.2 Å². The molecule has 0 saturated carbocycles. The molecule has 0 saturated heterocycles. The van der Waals surface area contributed by atoms with Crippen molar-refractivity contribution in [3.63, 3.8) is 0 Å². The van der Waals surface area contributed by atoms with Crippen LogP contribution in [-0.2, 0) is 12.2 Å². The van der Waals surface area contributed by atoms with Crippen molar-refractivity contribution in [1.82, 2.24) is 9.97 Å². The Morgan fingerprint density at radius 1 is 1.14 bits per heavy atom. The van der Waals surface area contributed by atoms with Crippen molar-refractivity contribution < 1.29 is 0 Å². The predicted molar refractivity (Wildman–Crippen MR) is 91.2 cm³/mol. The van der Waals surface area contributed by atoms with Crippen LogP contribution in [-0.4, -0.2) is 16.5 Å². The minimum Gasteiger partial charge on any atom is -0.370 e. The van der Waals surface area contributed by atoms with Crippen LogP contribution in [0.25, 0.3) is 0 Å². The van der Waals surface area contributed by atoms with Crippen molar-refractivity contribution in [2.45, 2.75) is 37.5 Å². The summed E-state index contributed by atoms with van der Waals surface area (Å²) in [6.07, 6.45) is 3.72. The smallest absolute Gasteiger partial charge is 0.133 e. The Labute approximate surface area is 135 Å². The van der Waals surface area contributed by atoms with Crippen molar-refractivity contribution in [3.05, 3.63) is 46.7 Å². The number of thioether (sulfide) groups is 1. The molecule has 1 aromatic carbocycles. The van der Waals surface area contributed by atoms with Gasteiger partial charge in [0.05, 0.1) is 0 Å². The number of halogens is 1. The van der Waals surface area contributed by atoms with E-state index in [0.29, 0.717) is 0 Å². The van der Waals surface area contributed by atoms with E-state index >= 15 is 0 Å². The average molecular weight is 322 g/mol. The van der Waals surface area contributed by atoms with E-state index in [2.05, 4.69) is 41.3 Å². The van der Waals surface area contributed by atoms with Gasteiger partial charge >= 0.3 is 0 Å². The molecule has 1 aromatic heterocycles. The first-order valence-electron chi connectivity index (χ1n) is 7.19. The normalized spacial score (nSPS) is 10.6. The molecule has 1 heterocycles. The van der Waals surface area contributed by atoms with Gasteiger partial charge in [-0.3, -0.25) is 0 Å². The Hall–Kier alpha value is -1.26. The highest BCUT2D eigenvalue weighted by Gasteiger charge is 2.11. The molecule has 5 heteroatoms. The maximum absolute atomic E-state index is 5.92. The topological polar surface area (TPSA) is 37.8 Å². The van der Waals surface area contributed by atoms with Crippen molar-refractivity contribution in [2.75, 3.05) is 11.9 Å². The monoisotopic (exact) mass is 321 g/mol. The molecule has 2 rings (SSSR count). The van der Waals surface area contributed by atoms with E-state index in [1.165, 1.54) is 11.1 Å². The largest absolute Gasteiger partial charge is 0.370 e. The van der Waals surface area contributed by atoms with E-state index in [0.717, 1.165) is 41.0 Å². The summed E-state index contributed by atoms with van der Waals surface area (Å²) >= 11 is 7.67. The third-order valence-electron chi connectivity index (χ3n) is 3.04. The van der Waals surface area contributed by atoms with Crippen molar-refractivity contribution in [3.8, 4) is 0 Å². The average Bonchev–Trinajstić information content (AvgIpc) is 2.49. The number of nitrogens with zero attached hydrogens (tertiary/aromatic N) is 2. The lowest BCUT2D eigenvalue weighted by Gasteiger charge is -2.12. The highest BCUT2D eigenvalue weighted by molar-refractivity contribution is 7.98. The number of anilines is 1. The van der Waals surface area contributed by atoms with Gasteiger partial charge in [-0.1, -0.05) is 37.1 Å². The molecule has 0 radical (unpaired) electrons. The molecule has 0 spiro atoms. The van der Waals surface area contributed by atoms with E-state index in [9.17, 15) is 0 Å². The highest BCUT2D eigenvalue weighted by atomic mass is 35.5. The van der Waals surface area contributed by atoms with Crippen LogP contribution >= 0.6 is 23.4 Å². The van der Waals surface area contributed by atoms with Gasteiger partial charge in [0.15, 0.2) is 0 Å². The first-order valence-corrected chi connectivity index (χ1v) is 8.56. The molecule has 0 bridgehead atoms. The summed E-state index contributed by atoms with van der Waals surface area (Å²) in [5.41, 5.74) is 2.47. The Morgan fingerprint density at radius 2 is 1.90 bits per heavy atom. The molecular weight excluding hydrogens is 302 g/mol. The van der Waals surface area contributed by atoms with Gasteiger partial charge in [-0.05, 0) is 31.0 Å². The molecule has 3 nitrogen and oxygen atoms in total. The lowest BCUT2D eigenvalue weighted by molar-refractivity contribution is 0.855. The molecular formula is C16H20ClN3S. The molecule has 0 unspecified atom stereocenters. The molecule has 21 heavy (non-hydrogen) atoms. The summed E-state index contributed by atoms with van der Waals surface area (Å²) in [6, 6.07) is 7.96. The van der Waals surface area contributed by atoms with Crippen LogP contribution in [0.1, 0.15) is 31.4 Å². The summed E-state index contributed by atoms with van der Waals surface area (Å²) in [5.74, 6) is 1.85. The minimum atomic E-state index is 0.770. The third-order valence-corrected chi connectivity index (χ3v) is 4.39. The van der Waals surface area contributed by atoms with Gasteiger partial charge in [-0.15, -0.1) is 11.8 Å². The Kier molecular flexibility index (Phi) is 6.33. The van der Waals surface area contributed by atoms with Crippen molar-refractivity contribution in [1.29, 1.82) is 0 Å². The summed E-state index contributed by atoms with van der Waals surface area (Å²) in [7, 11) is 0. The Morgan fingerprint density at radius 3 is 2.57 bits per heavy atom. The molecule has 0 fully saturated rings. The zero-order chi connectivity index (χ0) is 15.1. The van der Waals surface area contributed by atoms with E-state index in [-0.39, 0.29) is 0 Å². The molecule has 0 amide bonds. The predicted octanol–water partition coefficient (Wildman–Crippen LogP) is 4.81. The third kappa shape index (κ3) is 4.61. The minimum absolute atomic E-state index is 0.770. The fourth-order valence-electron chi connectivity index (χ4n) is 2.05. The van der Waals surface area contributed by atoms with Crippen molar-refractivity contribution in [2.24, 2.45) is 0 Å². The zero-order valence-corrected chi connectivity index (χ0v) is 14.0. The molecule has 112 valence electrons. The van der Waals surface area contributed by atoms with Crippen LogP contribution in [0, 0.1) is 0 Å². The fraction of sp³-hybridized carbons (Fsp3) is 0.375. The molecule has 0 aliphatic heterocycles. The maximum atomic E-state index is 5.92. The van der Waals surface area contributed by atoms with Crippen LogP contribution in [0.4, 0.5) is 5.82 Å². The van der Waals surface area contributed by atoms with Crippen LogP contribution in [0.2, 0.25) is 5.02 Å². The molecule has 0 aliphatic rings. The van der Waals surface area contributed by atoms with E-state index in [1.54, 1.807) is 18.1 Å². The summed E-state index contributed by atoms with van der Waals surface area (Å²) in [5, 5.41) is 5.16. The second-order valence-corrected chi connectivity index (χ2v) is 6.10. The number of rotatable bonds is 7. The molecule has 1 N–H and O–H groups in total. The quantitative estimate of drug-likeness (QED) is 0.587. The number of benzene rings is 1. The lowest BCUT2D eigenvalue weighted by atomic mass is 10.2. The van der Waals surface area contributed by atoms with Crippen LogP contribution < -0.4 is 5.32 Å². The Bertz CT molecular complexity index is 572. The number of hydrogen-bond donors (Lipinski definition) is 1.